The molecule has 0 saturated carbocycles. The van der Waals surface area contributed by atoms with E-state index in [0.717, 1.165) is 41.0 Å². The molecule has 0 N–H and O–H groups in total. The Balaban J connectivity index is 2.02. The molecule has 1 aromatic rings. The SMILES string of the molecule is CC(C)c1nc(N2CCC(CN(C)C)CC2)sc1C=O. The number of rotatable bonds is 5. The Morgan fingerprint density at radius 3 is 2.50 bits per heavy atom. The Morgan fingerprint density at radius 1 is 1.40 bits per heavy atom. The van der Waals surface area contributed by atoms with Gasteiger partial charge in [0.15, 0.2) is 11.4 Å². The smallest absolute Gasteiger partial charge is 0.186 e. The predicted octanol–water partition coefficient (Wildman–Crippen LogP) is 2.86. The summed E-state index contributed by atoms with van der Waals surface area (Å²) in [6, 6.07) is 0. The quantitative estimate of drug-likeness (QED) is 0.783. The minimum atomic E-state index is 0.312. The Labute approximate surface area is 125 Å². The molecule has 1 aliphatic rings. The summed E-state index contributed by atoms with van der Waals surface area (Å²) in [7, 11) is 4.27. The van der Waals surface area contributed by atoms with Gasteiger partial charge in [0.1, 0.15) is 0 Å². The molecule has 2 heterocycles. The Hall–Kier alpha value is -0.940. The second kappa shape index (κ2) is 6.68. The van der Waals surface area contributed by atoms with Crippen LogP contribution in [0.1, 0.15) is 48.0 Å². The lowest BCUT2D eigenvalue weighted by Crippen LogP contribution is -2.37. The molecule has 0 spiro atoms. The number of hydrogen-bond acceptors (Lipinski definition) is 5. The number of nitrogens with zero attached hydrogens (tertiary/aromatic N) is 3. The summed E-state index contributed by atoms with van der Waals surface area (Å²) in [6.07, 6.45) is 3.38. The Kier molecular flexibility index (Phi) is 5.16. The lowest BCUT2D eigenvalue weighted by Gasteiger charge is -2.33. The van der Waals surface area contributed by atoms with Gasteiger partial charge in [-0.15, -0.1) is 0 Å². The lowest BCUT2D eigenvalue weighted by atomic mass is 9.97. The van der Waals surface area contributed by atoms with E-state index in [4.69, 9.17) is 4.98 Å². The van der Waals surface area contributed by atoms with Crippen LogP contribution >= 0.6 is 11.3 Å². The average molecular weight is 295 g/mol. The van der Waals surface area contributed by atoms with Crippen molar-refractivity contribution in [2.24, 2.45) is 5.92 Å². The minimum Gasteiger partial charge on any atom is -0.348 e. The molecule has 1 saturated heterocycles. The van der Waals surface area contributed by atoms with Crippen molar-refractivity contribution in [3.8, 4) is 0 Å². The Bertz CT molecular complexity index is 448. The van der Waals surface area contributed by atoms with Crippen molar-refractivity contribution in [3.05, 3.63) is 10.6 Å². The lowest BCUT2D eigenvalue weighted by molar-refractivity contribution is 0.112. The zero-order valence-corrected chi connectivity index (χ0v) is 13.7. The van der Waals surface area contributed by atoms with Crippen LogP contribution in [-0.4, -0.2) is 49.9 Å². The van der Waals surface area contributed by atoms with Gasteiger partial charge in [-0.25, -0.2) is 4.98 Å². The normalized spacial score (nSPS) is 17.2. The van der Waals surface area contributed by atoms with Gasteiger partial charge in [-0.3, -0.25) is 4.79 Å². The van der Waals surface area contributed by atoms with Crippen molar-refractivity contribution < 1.29 is 4.79 Å². The van der Waals surface area contributed by atoms with Crippen molar-refractivity contribution in [2.75, 3.05) is 38.6 Å². The van der Waals surface area contributed by atoms with Crippen LogP contribution in [0.15, 0.2) is 0 Å². The first kappa shape index (κ1) is 15.4. The second-order valence-corrected chi connectivity index (χ2v) is 7.22. The van der Waals surface area contributed by atoms with Crippen molar-refractivity contribution in [2.45, 2.75) is 32.6 Å². The van der Waals surface area contributed by atoms with Crippen molar-refractivity contribution in [3.63, 3.8) is 0 Å². The molecule has 4 nitrogen and oxygen atoms in total. The molecule has 1 aliphatic heterocycles. The van der Waals surface area contributed by atoms with Crippen LogP contribution in [0.5, 0.6) is 0 Å². The molecule has 2 rings (SSSR count). The molecule has 1 aromatic heterocycles. The van der Waals surface area contributed by atoms with Crippen LogP contribution < -0.4 is 4.90 Å². The zero-order valence-electron chi connectivity index (χ0n) is 12.9. The summed E-state index contributed by atoms with van der Waals surface area (Å²) in [4.78, 5) is 21.2. The molecular weight excluding hydrogens is 270 g/mol. The molecule has 112 valence electrons. The number of aldehydes is 1. The van der Waals surface area contributed by atoms with Crippen LogP contribution in [0.3, 0.4) is 0 Å². The molecule has 0 amide bonds. The third-order valence-electron chi connectivity index (χ3n) is 3.83. The van der Waals surface area contributed by atoms with Gasteiger partial charge in [0.05, 0.1) is 10.6 Å². The third-order valence-corrected chi connectivity index (χ3v) is 4.89. The highest BCUT2D eigenvalue weighted by molar-refractivity contribution is 7.17. The molecule has 0 atom stereocenters. The van der Waals surface area contributed by atoms with Gasteiger partial charge in [0.2, 0.25) is 0 Å². The standard InChI is InChI=1S/C15H25N3OS/c1-11(2)14-13(10-19)20-15(16-14)18-7-5-12(6-8-18)9-17(3)4/h10-12H,5-9H2,1-4H3. The molecule has 0 bridgehead atoms. The van der Waals surface area contributed by atoms with Gasteiger partial charge in [0, 0.05) is 19.6 Å². The Morgan fingerprint density at radius 2 is 2.05 bits per heavy atom. The van der Waals surface area contributed by atoms with Gasteiger partial charge in [-0.05, 0) is 38.8 Å². The van der Waals surface area contributed by atoms with Gasteiger partial charge in [0.25, 0.3) is 0 Å². The first-order valence-corrected chi connectivity index (χ1v) is 8.18. The van der Waals surface area contributed by atoms with E-state index in [1.54, 1.807) is 11.3 Å². The zero-order chi connectivity index (χ0) is 14.7. The topological polar surface area (TPSA) is 36.4 Å². The van der Waals surface area contributed by atoms with Crippen LogP contribution in [0.4, 0.5) is 5.13 Å². The number of piperidine rings is 1. The number of carbonyl (C=O) groups is 1. The summed E-state index contributed by atoms with van der Waals surface area (Å²) in [6.45, 7) is 7.47. The van der Waals surface area contributed by atoms with E-state index < -0.39 is 0 Å². The maximum atomic E-state index is 11.1. The fraction of sp³-hybridized carbons (Fsp3) is 0.733. The number of thiazole rings is 1. The molecule has 5 heteroatoms. The van der Waals surface area contributed by atoms with Crippen LogP contribution in [0.25, 0.3) is 0 Å². The molecular formula is C15H25N3OS. The highest BCUT2D eigenvalue weighted by Crippen LogP contribution is 2.32. The number of aromatic nitrogens is 1. The van der Waals surface area contributed by atoms with Gasteiger partial charge in [-0.2, -0.15) is 0 Å². The van der Waals surface area contributed by atoms with E-state index in [2.05, 4.69) is 37.7 Å². The van der Waals surface area contributed by atoms with E-state index in [1.165, 1.54) is 19.4 Å². The maximum Gasteiger partial charge on any atom is 0.186 e. The van der Waals surface area contributed by atoms with Crippen LogP contribution in [-0.2, 0) is 0 Å². The average Bonchev–Trinajstić information content (AvgIpc) is 2.83. The largest absolute Gasteiger partial charge is 0.348 e. The van der Waals surface area contributed by atoms with E-state index >= 15 is 0 Å². The second-order valence-electron chi connectivity index (χ2n) is 6.21. The summed E-state index contributed by atoms with van der Waals surface area (Å²) < 4.78 is 0. The monoisotopic (exact) mass is 295 g/mol. The fourth-order valence-electron chi connectivity index (χ4n) is 2.79. The van der Waals surface area contributed by atoms with E-state index in [1.807, 2.05) is 0 Å². The fourth-order valence-corrected chi connectivity index (χ4v) is 3.87. The highest BCUT2D eigenvalue weighted by atomic mass is 32.1. The first-order chi connectivity index (χ1) is 9.51. The third kappa shape index (κ3) is 3.58. The van der Waals surface area contributed by atoms with Gasteiger partial charge >= 0.3 is 0 Å². The van der Waals surface area contributed by atoms with E-state index in [-0.39, 0.29) is 0 Å². The number of hydrogen-bond donors (Lipinski definition) is 0. The summed E-state index contributed by atoms with van der Waals surface area (Å²) in [5, 5.41) is 1.03. The molecule has 0 radical (unpaired) electrons. The van der Waals surface area contributed by atoms with Gasteiger partial charge in [-0.1, -0.05) is 25.2 Å². The van der Waals surface area contributed by atoms with Crippen molar-refractivity contribution in [1.82, 2.24) is 9.88 Å². The predicted molar refractivity (Wildman–Crippen MR) is 85.1 cm³/mol. The first-order valence-electron chi connectivity index (χ1n) is 7.36. The number of anilines is 1. The van der Waals surface area contributed by atoms with E-state index in [9.17, 15) is 4.79 Å². The molecule has 1 fully saturated rings. The molecule has 0 unspecified atom stereocenters. The minimum absolute atomic E-state index is 0.312. The summed E-state index contributed by atoms with van der Waals surface area (Å²) in [5.41, 5.74) is 0.954. The maximum absolute atomic E-state index is 11.1. The van der Waals surface area contributed by atoms with Crippen molar-refractivity contribution >= 4 is 22.8 Å². The van der Waals surface area contributed by atoms with Crippen molar-refractivity contribution in [1.29, 1.82) is 0 Å². The van der Waals surface area contributed by atoms with Crippen LogP contribution in [0.2, 0.25) is 0 Å². The highest BCUT2D eigenvalue weighted by Gasteiger charge is 2.23. The summed E-state index contributed by atoms with van der Waals surface area (Å²) in [5.74, 6) is 1.10. The molecule has 20 heavy (non-hydrogen) atoms. The molecule has 0 aliphatic carbocycles. The van der Waals surface area contributed by atoms with Crippen LogP contribution in [0, 0.1) is 5.92 Å². The number of carbonyl (C=O) groups excluding carboxylic acids is 1. The summed E-state index contributed by atoms with van der Waals surface area (Å²) >= 11 is 1.55. The molecule has 0 aromatic carbocycles. The van der Waals surface area contributed by atoms with E-state index in [0.29, 0.717) is 5.92 Å². The van der Waals surface area contributed by atoms with Gasteiger partial charge < -0.3 is 9.80 Å².